The van der Waals surface area contributed by atoms with Crippen molar-refractivity contribution in [3.05, 3.63) is 33.1 Å². The zero-order valence-electron chi connectivity index (χ0n) is 6.06. The van der Waals surface area contributed by atoms with Crippen molar-refractivity contribution in [1.82, 2.24) is 4.98 Å². The van der Waals surface area contributed by atoms with Gasteiger partial charge in [-0.3, -0.25) is 10.1 Å². The van der Waals surface area contributed by atoms with Crippen molar-refractivity contribution in [3.63, 3.8) is 0 Å². The predicted molar refractivity (Wildman–Crippen MR) is 40.2 cm³/mol. The van der Waals surface area contributed by atoms with Crippen LogP contribution in [0, 0.1) is 10.1 Å². The predicted octanol–water partition coefficient (Wildman–Crippen LogP) is 0.00670. The van der Waals surface area contributed by atoms with E-state index in [-0.39, 0.29) is 10.7 Å². The zero-order chi connectivity index (χ0) is 10.0. The first-order valence-corrected chi connectivity index (χ1v) is 3.41. The number of halogens is 1. The summed E-state index contributed by atoms with van der Waals surface area (Å²) in [4.78, 5) is 23.0. The Bertz CT molecular complexity index is 379. The summed E-state index contributed by atoms with van der Waals surface area (Å²) in [5.74, 6) is -1.53. The van der Waals surface area contributed by atoms with Gasteiger partial charge in [-0.05, 0) is 0 Å². The number of carboxylic acids is 1. The number of pyridine rings is 1. The Morgan fingerprint density at radius 3 is 2.69 bits per heavy atom. The van der Waals surface area contributed by atoms with Crippen LogP contribution in [0.2, 0.25) is 5.15 Å². The molecule has 0 radical (unpaired) electrons. The summed E-state index contributed by atoms with van der Waals surface area (Å²) in [6, 6.07) is 0.796. The highest BCUT2D eigenvalue weighted by atomic mass is 35.5. The maximum absolute atomic E-state index is 10.3. The molecule has 0 amide bonds. The van der Waals surface area contributed by atoms with Crippen LogP contribution in [-0.2, 0) is 0 Å². The van der Waals surface area contributed by atoms with E-state index in [1.165, 1.54) is 0 Å². The van der Waals surface area contributed by atoms with E-state index < -0.39 is 16.6 Å². The molecule has 1 aromatic rings. The van der Waals surface area contributed by atoms with Crippen molar-refractivity contribution in [2.24, 2.45) is 0 Å². The monoisotopic (exact) mass is 201 g/mol. The van der Waals surface area contributed by atoms with Crippen molar-refractivity contribution in [2.45, 2.75) is 0 Å². The topological polar surface area (TPSA) is 96.2 Å². The Labute approximate surface area is 76.9 Å². The van der Waals surface area contributed by atoms with Crippen molar-refractivity contribution < 1.29 is 14.8 Å². The Morgan fingerprint density at radius 1 is 1.62 bits per heavy atom. The quantitative estimate of drug-likeness (QED) is 0.381. The lowest BCUT2D eigenvalue weighted by Crippen LogP contribution is -2.22. The highest BCUT2D eigenvalue weighted by molar-refractivity contribution is 6.31. The molecule has 13 heavy (non-hydrogen) atoms. The summed E-state index contributed by atoms with van der Waals surface area (Å²) < 4.78 is 0. The van der Waals surface area contributed by atoms with Gasteiger partial charge < -0.3 is 9.90 Å². The summed E-state index contributed by atoms with van der Waals surface area (Å²) in [6.45, 7) is 0. The van der Waals surface area contributed by atoms with E-state index in [9.17, 15) is 20.0 Å². The number of carbonyl (C=O) groups excluding carboxylic acids is 1. The molecule has 0 N–H and O–H groups in total. The van der Waals surface area contributed by atoms with Crippen LogP contribution >= 0.6 is 11.6 Å². The largest absolute Gasteiger partial charge is 0.545 e. The van der Waals surface area contributed by atoms with Crippen LogP contribution in [0.4, 0.5) is 5.69 Å². The van der Waals surface area contributed by atoms with Gasteiger partial charge >= 0.3 is 5.69 Å². The number of rotatable bonds is 2. The molecule has 0 saturated carbocycles. The average Bonchev–Trinajstić information content (AvgIpc) is 2.04. The number of aromatic nitrogens is 1. The van der Waals surface area contributed by atoms with Gasteiger partial charge in [0.15, 0.2) is 0 Å². The molecule has 1 rings (SSSR count). The minimum atomic E-state index is -1.53. The fourth-order valence-electron chi connectivity index (χ4n) is 0.676. The second-order valence-corrected chi connectivity index (χ2v) is 2.44. The summed E-state index contributed by atoms with van der Waals surface area (Å²) in [6.07, 6.45) is 0.894. The fourth-order valence-corrected chi connectivity index (χ4v) is 0.848. The molecule has 0 aromatic carbocycles. The van der Waals surface area contributed by atoms with Crippen molar-refractivity contribution in [2.75, 3.05) is 0 Å². The van der Waals surface area contributed by atoms with Crippen LogP contribution in [0.5, 0.6) is 0 Å². The molecule has 0 unspecified atom stereocenters. The average molecular weight is 202 g/mol. The third kappa shape index (κ3) is 1.91. The number of aromatic carboxylic acids is 1. The van der Waals surface area contributed by atoms with Crippen LogP contribution < -0.4 is 5.11 Å². The second-order valence-electron chi connectivity index (χ2n) is 2.08. The number of nitrogens with zero attached hydrogens (tertiary/aromatic N) is 2. The van der Waals surface area contributed by atoms with E-state index in [4.69, 9.17) is 11.6 Å². The van der Waals surface area contributed by atoms with Crippen LogP contribution in [-0.4, -0.2) is 15.9 Å². The van der Waals surface area contributed by atoms with E-state index in [0.29, 0.717) is 0 Å². The normalized spacial score (nSPS) is 9.62. The minimum absolute atomic E-state index is 0.352. The molecule has 1 heterocycles. The van der Waals surface area contributed by atoms with Crippen LogP contribution in [0.25, 0.3) is 0 Å². The molecular weight excluding hydrogens is 200 g/mol. The Kier molecular flexibility index (Phi) is 2.43. The van der Waals surface area contributed by atoms with E-state index >= 15 is 0 Å². The van der Waals surface area contributed by atoms with E-state index in [2.05, 4.69) is 4.98 Å². The number of nitro groups is 1. The maximum atomic E-state index is 10.3. The summed E-state index contributed by atoms with van der Waals surface area (Å²) in [5.41, 5.74) is -0.931. The lowest BCUT2D eigenvalue weighted by atomic mass is 10.3. The Morgan fingerprint density at radius 2 is 2.23 bits per heavy atom. The first-order chi connectivity index (χ1) is 6.02. The maximum Gasteiger partial charge on any atom is 0.307 e. The van der Waals surface area contributed by atoms with Gasteiger partial charge in [0.2, 0.25) is 5.15 Å². The molecule has 0 atom stereocenters. The molecule has 6 nitrogen and oxygen atoms in total. The molecular formula is C6H2ClN2O4-. The van der Waals surface area contributed by atoms with Gasteiger partial charge in [0.1, 0.15) is 0 Å². The zero-order valence-corrected chi connectivity index (χ0v) is 6.82. The van der Waals surface area contributed by atoms with Crippen LogP contribution in [0.1, 0.15) is 10.4 Å². The molecule has 0 aliphatic heterocycles. The van der Waals surface area contributed by atoms with E-state index in [1.54, 1.807) is 0 Å². The highest BCUT2D eigenvalue weighted by Crippen LogP contribution is 2.21. The van der Waals surface area contributed by atoms with Crippen LogP contribution in [0.3, 0.4) is 0 Å². The van der Waals surface area contributed by atoms with Gasteiger partial charge in [-0.25, -0.2) is 4.98 Å². The summed E-state index contributed by atoms with van der Waals surface area (Å²) >= 11 is 5.33. The third-order valence-corrected chi connectivity index (χ3v) is 1.54. The molecule has 0 fully saturated rings. The van der Waals surface area contributed by atoms with E-state index in [1.807, 2.05) is 0 Å². The molecule has 68 valence electrons. The van der Waals surface area contributed by atoms with Crippen LogP contribution in [0.15, 0.2) is 12.3 Å². The number of hydrogen-bond donors (Lipinski definition) is 0. The van der Waals surface area contributed by atoms with Gasteiger partial charge in [-0.15, -0.1) is 0 Å². The highest BCUT2D eigenvalue weighted by Gasteiger charge is 2.14. The molecule has 0 aliphatic rings. The molecule has 0 aliphatic carbocycles. The lowest BCUT2D eigenvalue weighted by molar-refractivity contribution is -0.385. The number of hydrogen-bond acceptors (Lipinski definition) is 5. The first-order valence-electron chi connectivity index (χ1n) is 3.03. The summed E-state index contributed by atoms with van der Waals surface area (Å²) in [5, 5.41) is 20.2. The van der Waals surface area contributed by atoms with Gasteiger partial charge in [-0.1, -0.05) is 11.6 Å². The Balaban J connectivity index is 3.27. The molecule has 1 aromatic heterocycles. The smallest absolute Gasteiger partial charge is 0.307 e. The third-order valence-electron chi connectivity index (χ3n) is 1.25. The number of carbonyl (C=O) groups is 1. The standard InChI is InChI=1S/C6H3ClN2O4/c7-5-4(9(12)13)1-3(2-8-5)6(10)11/h1-2H,(H,10,11)/p-1. The number of carboxylic acid groups (broad SMARTS) is 1. The molecule has 0 spiro atoms. The fraction of sp³-hybridized carbons (Fsp3) is 0. The second kappa shape index (κ2) is 3.36. The Hall–Kier alpha value is -1.69. The minimum Gasteiger partial charge on any atom is -0.545 e. The SMILES string of the molecule is O=C([O-])c1cnc(Cl)c([N+](=O)[O-])c1. The molecule has 0 saturated heterocycles. The van der Waals surface area contributed by atoms with Gasteiger partial charge in [0.05, 0.1) is 10.9 Å². The molecule has 7 heteroatoms. The van der Waals surface area contributed by atoms with Gasteiger partial charge in [0.25, 0.3) is 0 Å². The first kappa shape index (κ1) is 9.40. The van der Waals surface area contributed by atoms with Gasteiger partial charge in [-0.2, -0.15) is 0 Å². The van der Waals surface area contributed by atoms with Gasteiger partial charge in [0, 0.05) is 17.8 Å². The van der Waals surface area contributed by atoms with Crippen molar-refractivity contribution in [3.8, 4) is 0 Å². The summed E-state index contributed by atoms with van der Waals surface area (Å²) in [7, 11) is 0. The van der Waals surface area contributed by atoms with Crippen molar-refractivity contribution in [1.29, 1.82) is 0 Å². The molecule has 0 bridgehead atoms. The van der Waals surface area contributed by atoms with E-state index in [0.717, 1.165) is 12.3 Å². The van der Waals surface area contributed by atoms with Crippen molar-refractivity contribution >= 4 is 23.3 Å². The lowest BCUT2D eigenvalue weighted by Gasteiger charge is -2.00.